The van der Waals surface area contributed by atoms with Gasteiger partial charge in [-0.05, 0) is 25.0 Å². The van der Waals surface area contributed by atoms with Gasteiger partial charge in [0, 0.05) is 11.5 Å². The third-order valence-corrected chi connectivity index (χ3v) is 4.10. The van der Waals surface area contributed by atoms with E-state index in [0.717, 1.165) is 5.69 Å². The summed E-state index contributed by atoms with van der Waals surface area (Å²) in [6.07, 6.45) is 2.47. The number of nitrogens with zero attached hydrogens (tertiary/aromatic N) is 1. The Labute approximate surface area is 89.6 Å². The number of hydrogen-bond donors (Lipinski definition) is 0. The Morgan fingerprint density at radius 1 is 1.00 bits per heavy atom. The summed E-state index contributed by atoms with van der Waals surface area (Å²) < 4.78 is 4.77. The van der Waals surface area contributed by atoms with Crippen LogP contribution in [0, 0.1) is 0 Å². The van der Waals surface area contributed by atoms with Crippen molar-refractivity contribution in [2.75, 3.05) is 11.5 Å². The average molecular weight is 209 g/mol. The standard InChI is InChI=1S/C12H19NS/c1-3-10-14(11-4-2)13-12-8-6-5-7-9-12/h5-9H,3-4,10-11H2,1-2H3. The van der Waals surface area contributed by atoms with Gasteiger partial charge in [0.05, 0.1) is 5.69 Å². The predicted molar refractivity (Wildman–Crippen MR) is 66.2 cm³/mol. The van der Waals surface area contributed by atoms with Crippen LogP contribution in [-0.4, -0.2) is 11.5 Å². The van der Waals surface area contributed by atoms with E-state index < -0.39 is 0 Å². The van der Waals surface area contributed by atoms with Crippen molar-refractivity contribution in [2.45, 2.75) is 26.7 Å². The average Bonchev–Trinajstić information content (AvgIpc) is 2.20. The van der Waals surface area contributed by atoms with Crippen molar-refractivity contribution in [1.82, 2.24) is 0 Å². The van der Waals surface area contributed by atoms with Gasteiger partial charge in [-0.3, -0.25) is 0 Å². The third kappa shape index (κ3) is 4.05. The van der Waals surface area contributed by atoms with Crippen molar-refractivity contribution >= 4 is 16.4 Å². The zero-order valence-corrected chi connectivity index (χ0v) is 9.89. The molecule has 0 fully saturated rings. The minimum absolute atomic E-state index is 0.250. The lowest BCUT2D eigenvalue weighted by Crippen LogP contribution is -1.99. The molecule has 0 aliphatic rings. The van der Waals surface area contributed by atoms with E-state index in [1.165, 1.54) is 24.3 Å². The highest BCUT2D eigenvalue weighted by molar-refractivity contribution is 7.87. The highest BCUT2D eigenvalue weighted by Crippen LogP contribution is 2.12. The van der Waals surface area contributed by atoms with Crippen LogP contribution in [0.3, 0.4) is 0 Å². The summed E-state index contributed by atoms with van der Waals surface area (Å²) in [7, 11) is 0.250. The first-order chi connectivity index (χ1) is 6.86. The van der Waals surface area contributed by atoms with Gasteiger partial charge in [-0.15, -0.1) is 0 Å². The van der Waals surface area contributed by atoms with E-state index >= 15 is 0 Å². The molecule has 0 radical (unpaired) electrons. The van der Waals surface area contributed by atoms with Crippen molar-refractivity contribution in [1.29, 1.82) is 0 Å². The topological polar surface area (TPSA) is 12.4 Å². The number of benzene rings is 1. The van der Waals surface area contributed by atoms with Gasteiger partial charge in [0.2, 0.25) is 0 Å². The molecule has 1 rings (SSSR count). The molecule has 0 heterocycles. The van der Waals surface area contributed by atoms with Crippen LogP contribution in [0.25, 0.3) is 0 Å². The van der Waals surface area contributed by atoms with E-state index in [4.69, 9.17) is 4.36 Å². The van der Waals surface area contributed by atoms with Crippen LogP contribution in [0.15, 0.2) is 34.7 Å². The molecular formula is C12H19NS. The lowest BCUT2D eigenvalue weighted by molar-refractivity contribution is 1.06. The fourth-order valence-corrected chi connectivity index (χ4v) is 3.05. The molecular weight excluding hydrogens is 190 g/mol. The first-order valence-corrected chi connectivity index (χ1v) is 6.83. The second-order valence-electron chi connectivity index (χ2n) is 3.30. The monoisotopic (exact) mass is 209 g/mol. The maximum atomic E-state index is 4.77. The van der Waals surface area contributed by atoms with Crippen molar-refractivity contribution in [3.05, 3.63) is 30.3 Å². The summed E-state index contributed by atoms with van der Waals surface area (Å²) in [6.45, 7) is 4.46. The molecule has 0 aliphatic carbocycles. The molecule has 0 atom stereocenters. The molecule has 2 heteroatoms. The van der Waals surface area contributed by atoms with Gasteiger partial charge in [0.15, 0.2) is 0 Å². The van der Waals surface area contributed by atoms with E-state index in [9.17, 15) is 0 Å². The molecule has 1 aromatic carbocycles. The molecule has 0 aromatic heterocycles. The zero-order chi connectivity index (χ0) is 10.2. The van der Waals surface area contributed by atoms with Crippen LogP contribution in [0.4, 0.5) is 5.69 Å². The van der Waals surface area contributed by atoms with Crippen LogP contribution in [0.5, 0.6) is 0 Å². The summed E-state index contributed by atoms with van der Waals surface area (Å²) >= 11 is 0. The van der Waals surface area contributed by atoms with Crippen LogP contribution >= 0.6 is 0 Å². The summed E-state index contributed by atoms with van der Waals surface area (Å²) in [5.41, 5.74) is 1.14. The number of rotatable bonds is 5. The predicted octanol–water partition coefficient (Wildman–Crippen LogP) is 3.94. The molecule has 0 N–H and O–H groups in total. The molecule has 1 nitrogen and oxygen atoms in total. The Balaban J connectivity index is 2.71. The van der Waals surface area contributed by atoms with Gasteiger partial charge < -0.3 is 0 Å². The van der Waals surface area contributed by atoms with Gasteiger partial charge >= 0.3 is 0 Å². The highest BCUT2D eigenvalue weighted by Gasteiger charge is 1.95. The lowest BCUT2D eigenvalue weighted by Gasteiger charge is -2.04. The molecule has 78 valence electrons. The molecule has 0 amide bonds. The molecule has 0 saturated heterocycles. The number of hydrogen-bond acceptors (Lipinski definition) is 1. The van der Waals surface area contributed by atoms with E-state index in [1.807, 2.05) is 6.07 Å². The van der Waals surface area contributed by atoms with Crippen LogP contribution in [-0.2, 0) is 10.7 Å². The van der Waals surface area contributed by atoms with Gasteiger partial charge in [-0.1, -0.05) is 42.7 Å². The van der Waals surface area contributed by atoms with Gasteiger partial charge in [-0.2, -0.15) is 0 Å². The fraction of sp³-hybridized carbons (Fsp3) is 0.500. The smallest absolute Gasteiger partial charge is 0.0703 e. The molecule has 1 aromatic rings. The molecule has 0 aliphatic heterocycles. The Morgan fingerprint density at radius 2 is 1.57 bits per heavy atom. The van der Waals surface area contributed by atoms with E-state index in [0.29, 0.717) is 0 Å². The maximum Gasteiger partial charge on any atom is 0.0703 e. The molecule has 0 spiro atoms. The molecule has 0 bridgehead atoms. The zero-order valence-electron chi connectivity index (χ0n) is 9.07. The second-order valence-corrected chi connectivity index (χ2v) is 5.22. The van der Waals surface area contributed by atoms with Gasteiger partial charge in [-0.25, -0.2) is 4.36 Å². The third-order valence-electron chi connectivity index (χ3n) is 1.87. The molecule has 14 heavy (non-hydrogen) atoms. The summed E-state index contributed by atoms with van der Waals surface area (Å²) in [5.74, 6) is 2.48. The van der Waals surface area contributed by atoms with E-state index in [-0.39, 0.29) is 10.7 Å². The largest absolute Gasteiger partial charge is 0.228 e. The van der Waals surface area contributed by atoms with E-state index in [1.54, 1.807) is 0 Å². The Morgan fingerprint density at radius 3 is 2.07 bits per heavy atom. The summed E-state index contributed by atoms with van der Waals surface area (Å²) in [4.78, 5) is 0. The van der Waals surface area contributed by atoms with Crippen LogP contribution in [0.1, 0.15) is 26.7 Å². The van der Waals surface area contributed by atoms with Crippen molar-refractivity contribution in [3.8, 4) is 0 Å². The van der Waals surface area contributed by atoms with Gasteiger partial charge in [0.25, 0.3) is 0 Å². The minimum Gasteiger partial charge on any atom is -0.228 e. The first-order valence-electron chi connectivity index (χ1n) is 5.31. The highest BCUT2D eigenvalue weighted by atomic mass is 32.2. The minimum atomic E-state index is 0.250. The van der Waals surface area contributed by atoms with E-state index in [2.05, 4.69) is 38.1 Å². The Bertz CT molecular complexity index is 272. The first kappa shape index (κ1) is 11.4. The van der Waals surface area contributed by atoms with Crippen LogP contribution in [0.2, 0.25) is 0 Å². The summed E-state index contributed by atoms with van der Waals surface area (Å²) in [6, 6.07) is 10.3. The Hall–Kier alpha value is -0.630. The van der Waals surface area contributed by atoms with Crippen molar-refractivity contribution in [2.24, 2.45) is 4.36 Å². The molecule has 0 unspecified atom stereocenters. The SMILES string of the molecule is CCCS(CCC)=Nc1ccccc1. The lowest BCUT2D eigenvalue weighted by atomic mass is 10.3. The van der Waals surface area contributed by atoms with Gasteiger partial charge in [0.1, 0.15) is 0 Å². The summed E-state index contributed by atoms with van der Waals surface area (Å²) in [5, 5.41) is 0. The fourth-order valence-electron chi connectivity index (χ4n) is 1.30. The second kappa shape index (κ2) is 6.77. The van der Waals surface area contributed by atoms with Crippen LogP contribution < -0.4 is 0 Å². The quantitative estimate of drug-likeness (QED) is 0.696. The Kier molecular flexibility index (Phi) is 5.53. The van der Waals surface area contributed by atoms with Crippen molar-refractivity contribution in [3.63, 3.8) is 0 Å². The normalized spacial score (nSPS) is 10.5. The molecule has 0 saturated carbocycles. The van der Waals surface area contributed by atoms with Crippen molar-refractivity contribution < 1.29 is 0 Å². The maximum absolute atomic E-state index is 4.77.